The summed E-state index contributed by atoms with van der Waals surface area (Å²) < 4.78 is 1.97. The molecule has 0 spiro atoms. The molecular weight excluding hydrogens is 286 g/mol. The Kier molecular flexibility index (Phi) is 4.28. The summed E-state index contributed by atoms with van der Waals surface area (Å²) in [5.74, 6) is 0.614. The quantitative estimate of drug-likeness (QED) is 0.788. The van der Waals surface area contributed by atoms with E-state index in [0.717, 1.165) is 11.1 Å². The van der Waals surface area contributed by atoms with Gasteiger partial charge >= 0.3 is 0 Å². The normalized spacial score (nSPS) is 11.8. The van der Waals surface area contributed by atoms with Gasteiger partial charge in [0.25, 0.3) is 0 Å². The molecule has 0 saturated heterocycles. The summed E-state index contributed by atoms with van der Waals surface area (Å²) in [6, 6.07) is 19.4. The number of benzene rings is 2. The molecule has 0 radical (unpaired) electrons. The summed E-state index contributed by atoms with van der Waals surface area (Å²) >= 11 is 0. The van der Waals surface area contributed by atoms with Crippen LogP contribution in [0.2, 0.25) is 0 Å². The maximum absolute atomic E-state index is 11.7. The standard InChI is InChI=1S/C19H21N3O/c1-21(2)15-22-14-13-20-18(22)19(23,16-9-5-3-6-10-16)17-11-7-4-8-12-17/h3-14,23H,15H2,1-2H3. The van der Waals surface area contributed by atoms with Gasteiger partial charge < -0.3 is 9.67 Å². The van der Waals surface area contributed by atoms with Gasteiger partial charge in [0, 0.05) is 12.4 Å². The van der Waals surface area contributed by atoms with Crippen molar-refractivity contribution < 1.29 is 5.11 Å². The van der Waals surface area contributed by atoms with Gasteiger partial charge in [-0.05, 0) is 25.2 Å². The zero-order valence-electron chi connectivity index (χ0n) is 13.4. The minimum absolute atomic E-state index is 0.614. The van der Waals surface area contributed by atoms with E-state index in [-0.39, 0.29) is 0 Å². The van der Waals surface area contributed by atoms with Crippen LogP contribution in [0.5, 0.6) is 0 Å². The molecule has 0 aliphatic rings. The van der Waals surface area contributed by atoms with Crippen LogP contribution in [0.15, 0.2) is 73.1 Å². The number of rotatable bonds is 5. The van der Waals surface area contributed by atoms with Gasteiger partial charge in [0.1, 0.15) is 0 Å². The largest absolute Gasteiger partial charge is 0.373 e. The first-order chi connectivity index (χ1) is 11.1. The average Bonchev–Trinajstić information content (AvgIpc) is 3.03. The Labute approximate surface area is 136 Å². The van der Waals surface area contributed by atoms with E-state index >= 15 is 0 Å². The maximum atomic E-state index is 11.7. The lowest BCUT2D eigenvalue weighted by molar-refractivity contribution is 0.107. The smallest absolute Gasteiger partial charge is 0.173 e. The zero-order chi connectivity index (χ0) is 16.3. The van der Waals surface area contributed by atoms with Crippen molar-refractivity contribution in [3.05, 3.63) is 90.0 Å². The lowest BCUT2D eigenvalue weighted by Crippen LogP contribution is -2.34. The fraction of sp³-hybridized carbons (Fsp3) is 0.211. The van der Waals surface area contributed by atoms with Crippen LogP contribution in [0.1, 0.15) is 17.0 Å². The van der Waals surface area contributed by atoms with Crippen LogP contribution >= 0.6 is 0 Å². The molecule has 0 amide bonds. The van der Waals surface area contributed by atoms with Crippen LogP contribution < -0.4 is 0 Å². The Hall–Kier alpha value is -2.43. The Balaban J connectivity index is 2.20. The molecular formula is C19H21N3O. The molecule has 0 aliphatic heterocycles. The molecule has 0 atom stereocenters. The molecule has 0 aliphatic carbocycles. The third kappa shape index (κ3) is 2.91. The lowest BCUT2D eigenvalue weighted by Gasteiger charge is -2.30. The highest BCUT2D eigenvalue weighted by atomic mass is 16.3. The molecule has 0 saturated carbocycles. The number of hydrogen-bond acceptors (Lipinski definition) is 3. The monoisotopic (exact) mass is 307 g/mol. The van der Waals surface area contributed by atoms with E-state index in [1.807, 2.05) is 90.4 Å². The molecule has 1 heterocycles. The number of aromatic nitrogens is 2. The van der Waals surface area contributed by atoms with E-state index in [1.165, 1.54) is 0 Å². The minimum atomic E-state index is -1.29. The van der Waals surface area contributed by atoms with E-state index in [9.17, 15) is 5.11 Å². The summed E-state index contributed by atoms with van der Waals surface area (Å²) in [5, 5.41) is 11.7. The van der Waals surface area contributed by atoms with Gasteiger partial charge in [0.05, 0.1) is 6.67 Å². The highest BCUT2D eigenvalue weighted by molar-refractivity contribution is 5.42. The fourth-order valence-electron chi connectivity index (χ4n) is 2.83. The van der Waals surface area contributed by atoms with Gasteiger partial charge in [-0.2, -0.15) is 0 Å². The molecule has 23 heavy (non-hydrogen) atoms. The van der Waals surface area contributed by atoms with E-state index < -0.39 is 5.60 Å². The van der Waals surface area contributed by atoms with Crippen LogP contribution in [0.25, 0.3) is 0 Å². The van der Waals surface area contributed by atoms with Crippen LogP contribution in [0, 0.1) is 0 Å². The molecule has 118 valence electrons. The topological polar surface area (TPSA) is 41.3 Å². The van der Waals surface area contributed by atoms with Crippen LogP contribution in [-0.4, -0.2) is 33.7 Å². The second kappa shape index (κ2) is 6.36. The van der Waals surface area contributed by atoms with Gasteiger partial charge in [-0.25, -0.2) is 4.98 Å². The molecule has 2 aromatic carbocycles. The van der Waals surface area contributed by atoms with Gasteiger partial charge in [-0.3, -0.25) is 4.90 Å². The Bertz CT molecular complexity index is 711. The van der Waals surface area contributed by atoms with Crippen LogP contribution in [0.3, 0.4) is 0 Å². The van der Waals surface area contributed by atoms with Crippen molar-refractivity contribution in [2.24, 2.45) is 0 Å². The average molecular weight is 307 g/mol. The highest BCUT2D eigenvalue weighted by Crippen LogP contribution is 2.35. The molecule has 0 unspecified atom stereocenters. The summed E-state index contributed by atoms with van der Waals surface area (Å²) in [6.07, 6.45) is 3.63. The zero-order valence-corrected chi connectivity index (χ0v) is 13.4. The third-order valence-corrected chi connectivity index (χ3v) is 3.86. The Morgan fingerprint density at radius 2 is 1.48 bits per heavy atom. The van der Waals surface area contributed by atoms with Crippen LogP contribution in [0.4, 0.5) is 0 Å². The predicted molar refractivity (Wildman–Crippen MR) is 90.9 cm³/mol. The van der Waals surface area contributed by atoms with Crippen molar-refractivity contribution in [3.8, 4) is 0 Å². The van der Waals surface area contributed by atoms with E-state index in [0.29, 0.717) is 12.5 Å². The van der Waals surface area contributed by atoms with E-state index in [4.69, 9.17) is 0 Å². The maximum Gasteiger partial charge on any atom is 0.173 e. The van der Waals surface area contributed by atoms with Crippen molar-refractivity contribution >= 4 is 0 Å². The summed E-state index contributed by atoms with van der Waals surface area (Å²) in [7, 11) is 3.99. The lowest BCUT2D eigenvalue weighted by atomic mass is 9.85. The number of nitrogens with zero attached hydrogens (tertiary/aromatic N) is 3. The van der Waals surface area contributed by atoms with Crippen molar-refractivity contribution in [1.82, 2.24) is 14.5 Å². The predicted octanol–water partition coefficient (Wildman–Crippen LogP) is 2.69. The second-order valence-corrected chi connectivity index (χ2v) is 5.88. The van der Waals surface area contributed by atoms with Crippen molar-refractivity contribution in [3.63, 3.8) is 0 Å². The molecule has 4 heteroatoms. The van der Waals surface area contributed by atoms with Crippen molar-refractivity contribution in [2.45, 2.75) is 12.3 Å². The first-order valence-corrected chi connectivity index (χ1v) is 7.62. The Morgan fingerprint density at radius 1 is 0.957 bits per heavy atom. The fourth-order valence-corrected chi connectivity index (χ4v) is 2.83. The molecule has 3 aromatic rings. The number of hydrogen-bond donors (Lipinski definition) is 1. The molecule has 0 fully saturated rings. The van der Waals surface area contributed by atoms with Gasteiger partial charge in [0.15, 0.2) is 11.4 Å². The number of imidazole rings is 1. The summed E-state index contributed by atoms with van der Waals surface area (Å²) in [6.45, 7) is 0.650. The molecule has 4 nitrogen and oxygen atoms in total. The van der Waals surface area contributed by atoms with Gasteiger partial charge in [-0.1, -0.05) is 60.7 Å². The summed E-state index contributed by atoms with van der Waals surface area (Å²) in [4.78, 5) is 6.52. The Morgan fingerprint density at radius 3 is 1.96 bits per heavy atom. The minimum Gasteiger partial charge on any atom is -0.373 e. The first-order valence-electron chi connectivity index (χ1n) is 7.62. The number of aliphatic hydroxyl groups is 1. The second-order valence-electron chi connectivity index (χ2n) is 5.88. The van der Waals surface area contributed by atoms with E-state index in [2.05, 4.69) is 4.98 Å². The van der Waals surface area contributed by atoms with Gasteiger partial charge in [-0.15, -0.1) is 0 Å². The van der Waals surface area contributed by atoms with E-state index in [1.54, 1.807) is 6.20 Å². The molecule has 3 rings (SSSR count). The summed E-state index contributed by atoms with van der Waals surface area (Å²) in [5.41, 5.74) is 0.317. The SMILES string of the molecule is CN(C)Cn1ccnc1C(O)(c1ccccc1)c1ccccc1. The highest BCUT2D eigenvalue weighted by Gasteiger charge is 2.37. The van der Waals surface area contributed by atoms with Crippen molar-refractivity contribution in [1.29, 1.82) is 0 Å². The van der Waals surface area contributed by atoms with Crippen LogP contribution in [-0.2, 0) is 12.3 Å². The van der Waals surface area contributed by atoms with Gasteiger partial charge in [0.2, 0.25) is 0 Å². The molecule has 1 N–H and O–H groups in total. The molecule has 1 aromatic heterocycles. The van der Waals surface area contributed by atoms with Crippen molar-refractivity contribution in [2.75, 3.05) is 14.1 Å². The first kappa shape index (κ1) is 15.5. The molecule has 0 bridgehead atoms. The third-order valence-electron chi connectivity index (χ3n) is 3.86.